The Labute approximate surface area is 195 Å². The van der Waals surface area contributed by atoms with Crippen LogP contribution >= 0.6 is 0 Å². The molecule has 0 aromatic carbocycles. The minimum Gasteiger partial charge on any atom is -0.475 e. The Bertz CT molecular complexity index is 1010. The molecule has 0 amide bonds. The summed E-state index contributed by atoms with van der Waals surface area (Å²) in [5.41, 5.74) is 1.35. The molecule has 2 aromatic heterocycles. The Hall–Kier alpha value is -2.95. The van der Waals surface area contributed by atoms with Crippen LogP contribution in [0.1, 0.15) is 55.4 Å². The van der Waals surface area contributed by atoms with Gasteiger partial charge in [0.25, 0.3) is 0 Å². The number of carbonyl (C=O) groups excluding carboxylic acids is 1. The maximum Gasteiger partial charge on any atom is 0.490 e. The molecule has 2 N–H and O–H groups in total. The smallest absolute Gasteiger partial charge is 0.475 e. The van der Waals surface area contributed by atoms with Gasteiger partial charge in [-0.25, -0.2) is 9.48 Å². The van der Waals surface area contributed by atoms with Gasteiger partial charge in [-0.05, 0) is 57.2 Å². The molecule has 186 valence electrons. The lowest BCUT2D eigenvalue weighted by molar-refractivity contribution is -0.192. The SMILES string of the molecule is O=C(CC1CCNCC1)c1nn2c3nc(ccc13)OC/C=C\CCCCC2.O=C(O)C(F)(F)F. The molecule has 1 saturated heterocycles. The highest BCUT2D eigenvalue weighted by Gasteiger charge is 2.38. The average molecular weight is 483 g/mol. The number of aryl methyl sites for hydroxylation is 1. The highest BCUT2D eigenvalue weighted by atomic mass is 19.4. The Kier molecular flexibility index (Phi) is 9.03. The Morgan fingerprint density at radius 1 is 1.15 bits per heavy atom. The number of carbonyl (C=O) groups is 2. The molecule has 2 bridgehead atoms. The van der Waals surface area contributed by atoms with Crippen molar-refractivity contribution in [3.63, 3.8) is 0 Å². The van der Waals surface area contributed by atoms with E-state index in [0.717, 1.165) is 69.2 Å². The lowest BCUT2D eigenvalue weighted by atomic mass is 9.91. The number of nitrogens with one attached hydrogen (secondary N) is 1. The van der Waals surface area contributed by atoms with Gasteiger partial charge in [0.1, 0.15) is 12.3 Å². The van der Waals surface area contributed by atoms with Gasteiger partial charge >= 0.3 is 12.1 Å². The molecule has 2 aliphatic heterocycles. The summed E-state index contributed by atoms with van der Waals surface area (Å²) in [6.45, 7) is 3.32. The number of halogens is 3. The third-order valence-corrected chi connectivity index (χ3v) is 5.74. The highest BCUT2D eigenvalue weighted by molar-refractivity contribution is 6.05. The number of hydrogen-bond acceptors (Lipinski definition) is 6. The molecule has 0 radical (unpaired) electrons. The van der Waals surface area contributed by atoms with E-state index < -0.39 is 12.1 Å². The van der Waals surface area contributed by atoms with Gasteiger partial charge in [0.2, 0.25) is 5.88 Å². The first-order valence-corrected chi connectivity index (χ1v) is 11.4. The Morgan fingerprint density at radius 3 is 2.59 bits per heavy atom. The van der Waals surface area contributed by atoms with Crippen LogP contribution in [0.15, 0.2) is 24.3 Å². The summed E-state index contributed by atoms with van der Waals surface area (Å²) in [7, 11) is 0. The van der Waals surface area contributed by atoms with Crippen LogP contribution in [0, 0.1) is 5.92 Å². The third kappa shape index (κ3) is 7.28. The van der Waals surface area contributed by atoms with Crippen LogP contribution in [-0.2, 0) is 11.3 Å². The number of ketones is 1. The van der Waals surface area contributed by atoms with Crippen LogP contribution in [0.3, 0.4) is 0 Å². The summed E-state index contributed by atoms with van der Waals surface area (Å²) in [4.78, 5) is 26.5. The number of aliphatic carboxylic acids is 1. The van der Waals surface area contributed by atoms with Gasteiger partial charge in [0.05, 0.1) is 5.39 Å². The zero-order valence-electron chi connectivity index (χ0n) is 18.8. The van der Waals surface area contributed by atoms with E-state index in [1.54, 1.807) is 0 Å². The number of rotatable bonds is 3. The Balaban J connectivity index is 0.000000406. The van der Waals surface area contributed by atoms with Crippen molar-refractivity contribution < 1.29 is 32.6 Å². The van der Waals surface area contributed by atoms with Gasteiger partial charge in [-0.15, -0.1) is 0 Å². The van der Waals surface area contributed by atoms with Crippen LogP contribution in [0.25, 0.3) is 11.0 Å². The van der Waals surface area contributed by atoms with Gasteiger partial charge in [0.15, 0.2) is 11.4 Å². The molecule has 4 heterocycles. The van der Waals surface area contributed by atoms with Crippen molar-refractivity contribution in [2.45, 2.75) is 57.7 Å². The fraction of sp³-hybridized carbons (Fsp3) is 0.565. The van der Waals surface area contributed by atoms with Crippen molar-refractivity contribution in [3.8, 4) is 5.88 Å². The van der Waals surface area contributed by atoms with Gasteiger partial charge in [-0.2, -0.15) is 23.3 Å². The predicted molar refractivity (Wildman–Crippen MR) is 119 cm³/mol. The minimum atomic E-state index is -5.08. The molecule has 0 atom stereocenters. The van der Waals surface area contributed by atoms with E-state index >= 15 is 0 Å². The molecular formula is C23H29F3N4O4. The minimum absolute atomic E-state index is 0.144. The normalized spacial score (nSPS) is 18.6. The quantitative estimate of drug-likeness (QED) is 0.500. The molecule has 0 unspecified atom stereocenters. The maximum atomic E-state index is 13.0. The molecule has 4 rings (SSSR count). The van der Waals surface area contributed by atoms with Crippen LogP contribution in [-0.4, -0.2) is 57.5 Å². The monoisotopic (exact) mass is 482 g/mol. The summed E-state index contributed by atoms with van der Waals surface area (Å²) >= 11 is 0. The number of fused-ring (bicyclic) bond motifs is 1. The second kappa shape index (κ2) is 12.0. The van der Waals surface area contributed by atoms with Gasteiger partial charge in [0, 0.05) is 19.0 Å². The predicted octanol–water partition coefficient (Wildman–Crippen LogP) is 4.15. The fourth-order valence-electron chi connectivity index (χ4n) is 3.94. The third-order valence-electron chi connectivity index (χ3n) is 5.74. The van der Waals surface area contributed by atoms with Crippen LogP contribution < -0.4 is 10.1 Å². The Morgan fingerprint density at radius 2 is 1.88 bits per heavy atom. The van der Waals surface area contributed by atoms with Crippen molar-refractivity contribution >= 4 is 22.8 Å². The van der Waals surface area contributed by atoms with Gasteiger partial charge in [-0.3, -0.25) is 4.79 Å². The zero-order chi connectivity index (χ0) is 24.6. The first kappa shape index (κ1) is 25.7. The van der Waals surface area contributed by atoms with Gasteiger partial charge < -0.3 is 15.2 Å². The number of Topliss-reactive ketones (excluding diaryl/α,β-unsaturated/α-hetero) is 1. The van der Waals surface area contributed by atoms with Crippen LogP contribution in [0.2, 0.25) is 0 Å². The van der Waals surface area contributed by atoms with Crippen molar-refractivity contribution in [1.29, 1.82) is 0 Å². The van der Waals surface area contributed by atoms with Crippen molar-refractivity contribution in [2.75, 3.05) is 19.7 Å². The second-order valence-corrected chi connectivity index (χ2v) is 8.35. The summed E-state index contributed by atoms with van der Waals surface area (Å²) < 4.78 is 39.4. The summed E-state index contributed by atoms with van der Waals surface area (Å²) in [6.07, 6.45) is 6.26. The average Bonchev–Trinajstić information content (AvgIpc) is 3.16. The first-order valence-electron chi connectivity index (χ1n) is 11.4. The maximum absolute atomic E-state index is 13.0. The standard InChI is InChI=1S/C21H28N4O2.C2HF3O2/c26-18(15-16-9-11-22-12-10-16)20-17-7-8-19-23-21(17)25(24-20)13-5-3-1-2-4-6-14-27-19;3-2(4,5)1(6)7/h4,6-8,16,22H,1-3,5,9-15H2;(H,6,7)/b6-4-;. The fourth-order valence-corrected chi connectivity index (χ4v) is 3.94. The molecule has 2 aliphatic rings. The number of allylic oxidation sites excluding steroid dienone is 1. The lowest BCUT2D eigenvalue weighted by Gasteiger charge is -2.21. The summed E-state index contributed by atoms with van der Waals surface area (Å²) in [5, 5.41) is 16.0. The number of nitrogens with zero attached hydrogens (tertiary/aromatic N) is 3. The number of piperidine rings is 1. The largest absolute Gasteiger partial charge is 0.490 e. The molecule has 11 heteroatoms. The molecule has 34 heavy (non-hydrogen) atoms. The molecule has 1 fully saturated rings. The van der Waals surface area contributed by atoms with E-state index in [-0.39, 0.29) is 5.78 Å². The number of carboxylic acid groups (broad SMARTS) is 1. The summed E-state index contributed by atoms with van der Waals surface area (Å²) in [6, 6.07) is 3.79. The number of carboxylic acids is 1. The highest BCUT2D eigenvalue weighted by Crippen LogP contribution is 2.25. The molecule has 8 nitrogen and oxygen atoms in total. The topological polar surface area (TPSA) is 106 Å². The molecule has 0 spiro atoms. The van der Waals surface area contributed by atoms with E-state index in [2.05, 4.69) is 27.6 Å². The van der Waals surface area contributed by atoms with E-state index in [4.69, 9.17) is 14.6 Å². The first-order chi connectivity index (χ1) is 16.3. The van der Waals surface area contributed by atoms with E-state index in [1.165, 1.54) is 0 Å². The number of alkyl halides is 3. The van der Waals surface area contributed by atoms with E-state index in [1.807, 2.05) is 16.8 Å². The van der Waals surface area contributed by atoms with E-state index in [0.29, 0.717) is 30.5 Å². The number of pyridine rings is 1. The van der Waals surface area contributed by atoms with Crippen molar-refractivity contribution in [2.24, 2.45) is 5.92 Å². The zero-order valence-corrected chi connectivity index (χ0v) is 18.8. The van der Waals surface area contributed by atoms with Crippen molar-refractivity contribution in [1.82, 2.24) is 20.1 Å². The van der Waals surface area contributed by atoms with Crippen LogP contribution in [0.4, 0.5) is 13.2 Å². The number of ether oxygens (including phenoxy) is 1. The van der Waals surface area contributed by atoms with E-state index in [9.17, 15) is 18.0 Å². The van der Waals surface area contributed by atoms with Gasteiger partial charge in [-0.1, -0.05) is 18.6 Å². The summed E-state index contributed by atoms with van der Waals surface area (Å²) in [5.74, 6) is -1.57. The molecule has 0 aliphatic carbocycles. The molecular weight excluding hydrogens is 453 g/mol. The van der Waals surface area contributed by atoms with Crippen LogP contribution in [0.5, 0.6) is 5.88 Å². The molecule has 2 aromatic rings. The second-order valence-electron chi connectivity index (χ2n) is 8.35. The molecule has 0 saturated carbocycles. The number of aromatic nitrogens is 3. The number of hydrogen-bond donors (Lipinski definition) is 2. The lowest BCUT2D eigenvalue weighted by Crippen LogP contribution is -2.29. The van der Waals surface area contributed by atoms with Crippen molar-refractivity contribution in [3.05, 3.63) is 30.0 Å².